The number of amides is 1. The van der Waals surface area contributed by atoms with Crippen LogP contribution in [0, 0.1) is 6.92 Å². The molecule has 29 heavy (non-hydrogen) atoms. The maximum Gasteiger partial charge on any atom is 0.251 e. The standard InChI is InChI=1S/C22H22ClN5O/c1-14-11-21(24)28(26-14)18-6-3-15(4-7-18)22(29)25-10-9-16-13-27(2)20-8-5-17(23)12-19(16)20/h3-8,11-13H,9-10,24H2,1-2H3,(H,25,29). The van der Waals surface area contributed by atoms with Crippen LogP contribution in [0.4, 0.5) is 5.82 Å². The summed E-state index contributed by atoms with van der Waals surface area (Å²) >= 11 is 6.14. The van der Waals surface area contributed by atoms with E-state index in [1.54, 1.807) is 22.9 Å². The summed E-state index contributed by atoms with van der Waals surface area (Å²) < 4.78 is 3.73. The maximum absolute atomic E-state index is 12.5. The molecule has 0 aliphatic heterocycles. The Kier molecular flexibility index (Phi) is 5.03. The highest BCUT2D eigenvalue weighted by Gasteiger charge is 2.10. The molecule has 0 saturated heterocycles. The molecular weight excluding hydrogens is 386 g/mol. The largest absolute Gasteiger partial charge is 0.384 e. The van der Waals surface area contributed by atoms with E-state index in [2.05, 4.69) is 21.2 Å². The Morgan fingerprint density at radius 1 is 1.17 bits per heavy atom. The van der Waals surface area contributed by atoms with Crippen LogP contribution in [0.2, 0.25) is 5.02 Å². The number of nitrogens with two attached hydrogens (primary N) is 1. The lowest BCUT2D eigenvalue weighted by molar-refractivity contribution is 0.0954. The summed E-state index contributed by atoms with van der Waals surface area (Å²) in [4.78, 5) is 12.5. The zero-order valence-electron chi connectivity index (χ0n) is 16.3. The number of carbonyl (C=O) groups is 1. The third kappa shape index (κ3) is 3.84. The predicted octanol–water partition coefficient (Wildman–Crippen LogP) is 3.88. The second kappa shape index (κ2) is 7.64. The van der Waals surface area contributed by atoms with Crippen molar-refractivity contribution in [3.8, 4) is 5.69 Å². The molecule has 0 radical (unpaired) electrons. The molecule has 0 bridgehead atoms. The van der Waals surface area contributed by atoms with E-state index in [4.69, 9.17) is 17.3 Å². The van der Waals surface area contributed by atoms with E-state index < -0.39 is 0 Å². The molecule has 148 valence electrons. The quantitative estimate of drug-likeness (QED) is 0.527. The van der Waals surface area contributed by atoms with Gasteiger partial charge in [0.15, 0.2) is 0 Å². The minimum Gasteiger partial charge on any atom is -0.384 e. The summed E-state index contributed by atoms with van der Waals surface area (Å²) in [5.41, 5.74) is 10.5. The average Bonchev–Trinajstić information content (AvgIpc) is 3.20. The normalized spacial score (nSPS) is 11.1. The van der Waals surface area contributed by atoms with Crippen LogP contribution in [0.15, 0.2) is 54.7 Å². The lowest BCUT2D eigenvalue weighted by Crippen LogP contribution is -2.25. The molecule has 2 aromatic carbocycles. The molecule has 4 aromatic rings. The van der Waals surface area contributed by atoms with E-state index in [1.807, 2.05) is 44.3 Å². The third-order valence-electron chi connectivity index (χ3n) is 4.95. The van der Waals surface area contributed by atoms with E-state index in [9.17, 15) is 4.79 Å². The van der Waals surface area contributed by atoms with Crippen molar-refractivity contribution < 1.29 is 4.79 Å². The van der Waals surface area contributed by atoms with Gasteiger partial charge in [-0.3, -0.25) is 4.79 Å². The Labute approximate surface area is 173 Å². The van der Waals surface area contributed by atoms with Crippen molar-refractivity contribution in [1.82, 2.24) is 19.7 Å². The van der Waals surface area contributed by atoms with Gasteiger partial charge < -0.3 is 15.6 Å². The Bertz CT molecular complexity index is 1190. The van der Waals surface area contributed by atoms with Crippen LogP contribution < -0.4 is 11.1 Å². The summed E-state index contributed by atoms with van der Waals surface area (Å²) in [5, 5.41) is 9.16. The molecule has 0 aliphatic rings. The van der Waals surface area contributed by atoms with Gasteiger partial charge in [0.05, 0.1) is 11.4 Å². The highest BCUT2D eigenvalue weighted by molar-refractivity contribution is 6.31. The zero-order valence-corrected chi connectivity index (χ0v) is 17.1. The van der Waals surface area contributed by atoms with Gasteiger partial charge in [0.25, 0.3) is 5.91 Å². The minimum atomic E-state index is -0.112. The van der Waals surface area contributed by atoms with Crippen LogP contribution in [0.3, 0.4) is 0 Å². The Morgan fingerprint density at radius 3 is 2.62 bits per heavy atom. The number of carbonyl (C=O) groups excluding carboxylic acids is 1. The molecule has 3 N–H and O–H groups in total. The molecule has 0 fully saturated rings. The van der Waals surface area contributed by atoms with Crippen LogP contribution in [0.1, 0.15) is 21.6 Å². The summed E-state index contributed by atoms with van der Waals surface area (Å²) in [6.07, 6.45) is 2.81. The van der Waals surface area contributed by atoms with Gasteiger partial charge in [-0.05, 0) is 61.4 Å². The number of nitrogens with zero attached hydrogens (tertiary/aromatic N) is 3. The first-order valence-electron chi connectivity index (χ1n) is 9.36. The molecule has 0 atom stereocenters. The van der Waals surface area contributed by atoms with Gasteiger partial charge >= 0.3 is 0 Å². The third-order valence-corrected chi connectivity index (χ3v) is 5.18. The van der Waals surface area contributed by atoms with Crippen LogP contribution >= 0.6 is 11.6 Å². The van der Waals surface area contributed by atoms with E-state index >= 15 is 0 Å². The molecule has 4 rings (SSSR count). The number of nitrogens with one attached hydrogen (secondary N) is 1. The summed E-state index contributed by atoms with van der Waals surface area (Å²) in [7, 11) is 2.01. The SMILES string of the molecule is Cc1cc(N)n(-c2ccc(C(=O)NCCc3cn(C)c4ccc(Cl)cc34)cc2)n1. The fourth-order valence-electron chi connectivity index (χ4n) is 3.54. The van der Waals surface area contributed by atoms with Gasteiger partial charge in [0, 0.05) is 47.3 Å². The van der Waals surface area contributed by atoms with E-state index in [0.29, 0.717) is 22.9 Å². The van der Waals surface area contributed by atoms with Gasteiger partial charge in [-0.2, -0.15) is 5.10 Å². The van der Waals surface area contributed by atoms with Crippen molar-refractivity contribution in [3.63, 3.8) is 0 Å². The highest BCUT2D eigenvalue weighted by atomic mass is 35.5. The molecule has 2 aromatic heterocycles. The van der Waals surface area contributed by atoms with Crippen molar-refractivity contribution in [2.75, 3.05) is 12.3 Å². The van der Waals surface area contributed by atoms with Crippen LogP contribution in [-0.2, 0) is 13.5 Å². The number of fused-ring (bicyclic) bond motifs is 1. The monoisotopic (exact) mass is 407 g/mol. The molecule has 2 heterocycles. The summed E-state index contributed by atoms with van der Waals surface area (Å²) in [6.45, 7) is 2.43. The van der Waals surface area contributed by atoms with E-state index in [1.165, 1.54) is 0 Å². The van der Waals surface area contributed by atoms with Crippen LogP contribution in [0.25, 0.3) is 16.6 Å². The number of anilines is 1. The number of benzene rings is 2. The molecule has 0 saturated carbocycles. The fraction of sp³-hybridized carbons (Fsp3) is 0.182. The number of hydrogen-bond donors (Lipinski definition) is 2. The fourth-order valence-corrected chi connectivity index (χ4v) is 3.71. The first kappa shape index (κ1) is 19.1. The van der Waals surface area contributed by atoms with Crippen LogP contribution in [0.5, 0.6) is 0 Å². The smallest absolute Gasteiger partial charge is 0.251 e. The highest BCUT2D eigenvalue weighted by Crippen LogP contribution is 2.24. The van der Waals surface area contributed by atoms with E-state index in [-0.39, 0.29) is 5.91 Å². The van der Waals surface area contributed by atoms with Gasteiger partial charge in [-0.1, -0.05) is 11.6 Å². The summed E-state index contributed by atoms with van der Waals surface area (Å²) in [6, 6.07) is 14.9. The summed E-state index contributed by atoms with van der Waals surface area (Å²) in [5.74, 6) is 0.453. The number of aromatic nitrogens is 3. The number of rotatable bonds is 5. The van der Waals surface area contributed by atoms with Crippen molar-refractivity contribution in [3.05, 3.63) is 76.6 Å². The molecule has 7 heteroatoms. The Balaban J connectivity index is 1.41. The molecule has 0 aliphatic carbocycles. The average molecular weight is 408 g/mol. The van der Waals surface area contributed by atoms with Crippen LogP contribution in [-0.4, -0.2) is 26.8 Å². The van der Waals surface area contributed by atoms with Crippen molar-refractivity contribution in [1.29, 1.82) is 0 Å². The molecule has 6 nitrogen and oxygen atoms in total. The van der Waals surface area contributed by atoms with Gasteiger partial charge in [-0.15, -0.1) is 0 Å². The lowest BCUT2D eigenvalue weighted by Gasteiger charge is -2.07. The number of hydrogen-bond acceptors (Lipinski definition) is 3. The molecule has 1 amide bonds. The first-order valence-corrected chi connectivity index (χ1v) is 9.74. The maximum atomic E-state index is 12.5. The number of aryl methyl sites for hydroxylation is 2. The Morgan fingerprint density at radius 2 is 1.93 bits per heavy atom. The Hall–Kier alpha value is -3.25. The lowest BCUT2D eigenvalue weighted by atomic mass is 10.1. The predicted molar refractivity (Wildman–Crippen MR) is 117 cm³/mol. The minimum absolute atomic E-state index is 0.112. The second-order valence-corrected chi connectivity index (χ2v) is 7.54. The van der Waals surface area contributed by atoms with Gasteiger partial charge in [-0.25, -0.2) is 4.68 Å². The van der Waals surface area contributed by atoms with E-state index in [0.717, 1.165) is 34.3 Å². The second-order valence-electron chi connectivity index (χ2n) is 7.10. The van der Waals surface area contributed by atoms with Crippen molar-refractivity contribution in [2.24, 2.45) is 7.05 Å². The molecule has 0 spiro atoms. The zero-order chi connectivity index (χ0) is 20.5. The number of nitrogen functional groups attached to an aromatic ring is 1. The van der Waals surface area contributed by atoms with Gasteiger partial charge in [0.1, 0.15) is 5.82 Å². The molecule has 0 unspecified atom stereocenters. The topological polar surface area (TPSA) is 77.9 Å². The first-order chi connectivity index (χ1) is 13.9. The molecular formula is C22H22ClN5O. The van der Waals surface area contributed by atoms with Crippen molar-refractivity contribution in [2.45, 2.75) is 13.3 Å². The number of halogens is 1. The van der Waals surface area contributed by atoms with Crippen molar-refractivity contribution >= 4 is 34.2 Å². The van der Waals surface area contributed by atoms with Gasteiger partial charge in [0.2, 0.25) is 0 Å².